The molecule has 0 spiro atoms. The first-order valence-corrected chi connectivity index (χ1v) is 3.54. The Morgan fingerprint density at radius 1 is 1.73 bits per heavy atom. The van der Waals surface area contributed by atoms with Crippen LogP contribution in [0.15, 0.2) is 11.6 Å². The number of hydrogen-bond acceptors (Lipinski definition) is 2. The summed E-state index contributed by atoms with van der Waals surface area (Å²) in [5.41, 5.74) is 0.203. The van der Waals surface area contributed by atoms with E-state index < -0.39 is 5.97 Å². The molecule has 1 N–H and O–H groups in total. The van der Waals surface area contributed by atoms with Crippen molar-refractivity contribution in [2.75, 3.05) is 0 Å². The molecule has 0 aromatic rings. The summed E-state index contributed by atoms with van der Waals surface area (Å²) in [5.74, 6) is -0.986. The fraction of sp³-hybridized carbons (Fsp3) is 0.500. The van der Waals surface area contributed by atoms with Crippen molar-refractivity contribution in [1.82, 2.24) is 0 Å². The highest BCUT2D eigenvalue weighted by Gasteiger charge is 2.04. The molecule has 0 aromatic carbocycles. The molecule has 0 fully saturated rings. The smallest absolute Gasteiger partial charge is 0.332 e. The molecule has 0 aliphatic carbocycles. The van der Waals surface area contributed by atoms with Crippen molar-refractivity contribution >= 4 is 5.97 Å². The zero-order chi connectivity index (χ0) is 8.69. The third-order valence-electron chi connectivity index (χ3n) is 1.31. The van der Waals surface area contributed by atoms with Gasteiger partial charge < -0.3 is 5.11 Å². The van der Waals surface area contributed by atoms with Crippen LogP contribution in [-0.2, 0) is 4.79 Å². The van der Waals surface area contributed by atoms with E-state index in [4.69, 9.17) is 10.4 Å². The molecule has 0 radical (unpaired) electrons. The predicted octanol–water partition coefficient (Wildman–Crippen LogP) is 1.71. The lowest BCUT2D eigenvalue weighted by Gasteiger charge is -1.96. The van der Waals surface area contributed by atoms with Gasteiger partial charge in [-0.2, -0.15) is 5.26 Å². The van der Waals surface area contributed by atoms with E-state index in [2.05, 4.69) is 0 Å². The Balaban J connectivity index is 4.04. The fourth-order valence-electron chi connectivity index (χ4n) is 0.686. The molecule has 0 atom stereocenters. The number of nitrogens with zero attached hydrogens (tertiary/aromatic N) is 1. The summed E-state index contributed by atoms with van der Waals surface area (Å²) in [6, 6.07) is 1.72. The van der Waals surface area contributed by atoms with Crippen molar-refractivity contribution in [2.24, 2.45) is 0 Å². The minimum atomic E-state index is -0.986. The van der Waals surface area contributed by atoms with Gasteiger partial charge in [-0.25, -0.2) is 4.79 Å². The predicted molar refractivity (Wildman–Crippen MR) is 40.9 cm³/mol. The van der Waals surface area contributed by atoms with Crippen molar-refractivity contribution in [2.45, 2.75) is 26.2 Å². The lowest BCUT2D eigenvalue weighted by atomic mass is 10.1. The van der Waals surface area contributed by atoms with Gasteiger partial charge >= 0.3 is 5.97 Å². The quantitative estimate of drug-likeness (QED) is 0.494. The van der Waals surface area contributed by atoms with Crippen molar-refractivity contribution in [3.8, 4) is 6.07 Å². The molecule has 0 aliphatic heterocycles. The van der Waals surface area contributed by atoms with E-state index in [1.807, 2.05) is 6.92 Å². The van der Waals surface area contributed by atoms with Gasteiger partial charge in [-0.1, -0.05) is 13.3 Å². The molecule has 3 nitrogen and oxygen atoms in total. The molecule has 0 aromatic heterocycles. The number of unbranched alkanes of at least 4 members (excludes halogenated alkanes) is 1. The second-order valence-electron chi connectivity index (χ2n) is 2.21. The zero-order valence-electron chi connectivity index (χ0n) is 6.50. The molecule has 3 heteroatoms. The van der Waals surface area contributed by atoms with E-state index in [1.54, 1.807) is 6.07 Å². The van der Waals surface area contributed by atoms with Gasteiger partial charge in [0.15, 0.2) is 0 Å². The van der Waals surface area contributed by atoms with E-state index >= 15 is 0 Å². The van der Waals surface area contributed by atoms with Gasteiger partial charge in [-0.3, -0.25) is 0 Å². The molecule has 0 heterocycles. The standard InChI is InChI=1S/C8H11NO2/c1-2-3-4-7(5-6-9)8(10)11/h5H,2-4H2,1H3,(H,10,11)/b7-5-. The molecule has 0 rings (SSSR count). The summed E-state index contributed by atoms with van der Waals surface area (Å²) in [6.07, 6.45) is 3.34. The molecule has 0 saturated heterocycles. The number of carbonyl (C=O) groups is 1. The van der Waals surface area contributed by atoms with Crippen LogP contribution in [0.5, 0.6) is 0 Å². The fourth-order valence-corrected chi connectivity index (χ4v) is 0.686. The molecule has 0 saturated carbocycles. The Morgan fingerprint density at radius 3 is 2.73 bits per heavy atom. The lowest BCUT2D eigenvalue weighted by molar-refractivity contribution is -0.132. The summed E-state index contributed by atoms with van der Waals surface area (Å²) < 4.78 is 0. The number of carboxylic acid groups (broad SMARTS) is 1. The van der Waals surface area contributed by atoms with Crippen molar-refractivity contribution in [3.63, 3.8) is 0 Å². The number of carboxylic acids is 1. The van der Waals surface area contributed by atoms with E-state index in [-0.39, 0.29) is 5.57 Å². The number of hydrogen-bond donors (Lipinski definition) is 1. The highest BCUT2D eigenvalue weighted by atomic mass is 16.4. The first-order chi connectivity index (χ1) is 5.22. The van der Waals surface area contributed by atoms with E-state index in [9.17, 15) is 4.79 Å². The first kappa shape index (κ1) is 9.70. The molecule has 0 unspecified atom stereocenters. The monoisotopic (exact) mass is 153 g/mol. The largest absolute Gasteiger partial charge is 0.478 e. The van der Waals surface area contributed by atoms with Gasteiger partial charge in [-0.05, 0) is 12.8 Å². The van der Waals surface area contributed by atoms with Crippen LogP contribution in [0.4, 0.5) is 0 Å². The summed E-state index contributed by atoms with van der Waals surface area (Å²) in [5, 5.41) is 16.7. The maximum Gasteiger partial charge on any atom is 0.332 e. The SMILES string of the molecule is CCCC/C(=C/C#N)C(=O)O. The number of rotatable bonds is 4. The van der Waals surface area contributed by atoms with Crippen LogP contribution in [0, 0.1) is 11.3 Å². The van der Waals surface area contributed by atoms with Gasteiger partial charge in [0, 0.05) is 11.6 Å². The van der Waals surface area contributed by atoms with Gasteiger partial charge in [0.05, 0.1) is 6.07 Å². The van der Waals surface area contributed by atoms with Crippen molar-refractivity contribution in [3.05, 3.63) is 11.6 Å². The van der Waals surface area contributed by atoms with Crippen LogP contribution >= 0.6 is 0 Å². The first-order valence-electron chi connectivity index (χ1n) is 3.54. The summed E-state index contributed by atoms with van der Waals surface area (Å²) >= 11 is 0. The zero-order valence-corrected chi connectivity index (χ0v) is 6.50. The van der Waals surface area contributed by atoms with Gasteiger partial charge in [0.25, 0.3) is 0 Å². The van der Waals surface area contributed by atoms with E-state index in [0.29, 0.717) is 6.42 Å². The van der Waals surface area contributed by atoms with Crippen molar-refractivity contribution in [1.29, 1.82) is 5.26 Å². The van der Waals surface area contributed by atoms with E-state index in [1.165, 1.54) is 0 Å². The molecule has 0 bridgehead atoms. The maximum atomic E-state index is 10.4. The van der Waals surface area contributed by atoms with Crippen LogP contribution in [0.25, 0.3) is 0 Å². The Bertz CT molecular complexity index is 201. The second-order valence-corrected chi connectivity index (χ2v) is 2.21. The van der Waals surface area contributed by atoms with Crippen LogP contribution in [-0.4, -0.2) is 11.1 Å². The number of allylic oxidation sites excluding steroid dienone is 1. The van der Waals surface area contributed by atoms with Crippen LogP contribution < -0.4 is 0 Å². The van der Waals surface area contributed by atoms with Gasteiger partial charge in [0.1, 0.15) is 0 Å². The average Bonchev–Trinajstić information content (AvgIpc) is 1.97. The summed E-state index contributed by atoms with van der Waals surface area (Å²) in [7, 11) is 0. The molecule has 11 heavy (non-hydrogen) atoms. The minimum absolute atomic E-state index is 0.203. The molecule has 0 amide bonds. The number of aliphatic carboxylic acids is 1. The second kappa shape index (κ2) is 5.48. The van der Waals surface area contributed by atoms with Crippen LogP contribution in [0.2, 0.25) is 0 Å². The highest BCUT2D eigenvalue weighted by Crippen LogP contribution is 2.06. The van der Waals surface area contributed by atoms with Crippen molar-refractivity contribution < 1.29 is 9.90 Å². The van der Waals surface area contributed by atoms with Crippen LogP contribution in [0.3, 0.4) is 0 Å². The lowest BCUT2D eigenvalue weighted by Crippen LogP contribution is -1.99. The third-order valence-corrected chi connectivity index (χ3v) is 1.31. The van der Waals surface area contributed by atoms with E-state index in [0.717, 1.165) is 18.9 Å². The summed E-state index contributed by atoms with van der Waals surface area (Å²) in [4.78, 5) is 10.4. The van der Waals surface area contributed by atoms with Gasteiger partial charge in [-0.15, -0.1) is 0 Å². The molecule has 0 aliphatic rings. The summed E-state index contributed by atoms with van der Waals surface area (Å²) in [6.45, 7) is 1.98. The molecular formula is C8H11NO2. The normalized spacial score (nSPS) is 10.7. The minimum Gasteiger partial charge on any atom is -0.478 e. The molecule has 60 valence electrons. The van der Waals surface area contributed by atoms with Crippen LogP contribution in [0.1, 0.15) is 26.2 Å². The van der Waals surface area contributed by atoms with Gasteiger partial charge in [0.2, 0.25) is 0 Å². The highest BCUT2D eigenvalue weighted by molar-refractivity contribution is 5.87. The molecular weight excluding hydrogens is 142 g/mol. The Morgan fingerprint density at radius 2 is 2.36 bits per heavy atom. The third kappa shape index (κ3) is 4.15. The Hall–Kier alpha value is -1.30. The topological polar surface area (TPSA) is 61.1 Å². The number of nitriles is 1. The average molecular weight is 153 g/mol. The maximum absolute atomic E-state index is 10.4. The Labute approximate surface area is 66.0 Å². The Kier molecular flexibility index (Phi) is 4.83.